The number of anilines is 1. The Hall–Kier alpha value is -3.67. The van der Waals surface area contributed by atoms with Crippen LogP contribution in [0.25, 0.3) is 22.5 Å². The number of rotatable bonds is 2. The molecule has 0 radical (unpaired) electrons. The molecule has 2 N–H and O–H groups in total. The van der Waals surface area contributed by atoms with Crippen LogP contribution in [0.3, 0.4) is 0 Å². The average Bonchev–Trinajstić information content (AvgIpc) is 3.31. The molecule has 0 spiro atoms. The molecule has 0 saturated carbocycles. The van der Waals surface area contributed by atoms with E-state index in [1.165, 1.54) is 0 Å². The van der Waals surface area contributed by atoms with Gasteiger partial charge in [-0.3, -0.25) is 4.79 Å². The van der Waals surface area contributed by atoms with Gasteiger partial charge in [-0.05, 0) is 29.8 Å². The number of fused-ring (bicyclic) bond motifs is 2. The second-order valence-corrected chi connectivity index (χ2v) is 6.26. The Bertz CT molecular complexity index is 1160. The van der Waals surface area contributed by atoms with Crippen molar-refractivity contribution in [2.24, 2.45) is 0 Å². The molecule has 1 unspecified atom stereocenters. The molecule has 0 bridgehead atoms. The lowest BCUT2D eigenvalue weighted by Gasteiger charge is -2.11. The summed E-state index contributed by atoms with van der Waals surface area (Å²) in [5.41, 5.74) is 5.96. The molecular formula is C20H15N5O. The van der Waals surface area contributed by atoms with Crippen molar-refractivity contribution in [1.82, 2.24) is 20.0 Å². The number of hydrogen-bond acceptors (Lipinski definition) is 4. The summed E-state index contributed by atoms with van der Waals surface area (Å²) >= 11 is 0. The molecule has 0 saturated heterocycles. The highest BCUT2D eigenvalue weighted by atomic mass is 16.1. The van der Waals surface area contributed by atoms with Crippen LogP contribution in [0, 0.1) is 0 Å². The summed E-state index contributed by atoms with van der Waals surface area (Å²) in [7, 11) is 0. The highest BCUT2D eigenvalue weighted by Crippen LogP contribution is 2.44. The maximum Gasteiger partial charge on any atom is 0.254 e. The molecule has 0 amide bonds. The van der Waals surface area contributed by atoms with Gasteiger partial charge in [0.1, 0.15) is 0 Å². The van der Waals surface area contributed by atoms with E-state index < -0.39 is 0 Å². The van der Waals surface area contributed by atoms with Crippen LogP contribution >= 0.6 is 0 Å². The number of hydrogen-bond donors (Lipinski definition) is 2. The van der Waals surface area contributed by atoms with E-state index in [1.54, 1.807) is 17.2 Å². The third-order valence-corrected chi connectivity index (χ3v) is 4.76. The van der Waals surface area contributed by atoms with Gasteiger partial charge < -0.3 is 10.3 Å². The fourth-order valence-corrected chi connectivity index (χ4v) is 3.53. The van der Waals surface area contributed by atoms with Crippen molar-refractivity contribution in [2.45, 2.75) is 6.04 Å². The maximum atomic E-state index is 12.6. The van der Waals surface area contributed by atoms with E-state index in [0.717, 1.165) is 33.8 Å². The SMILES string of the molecule is C=C1c2cc(-n3nccn3)ccc2NC1c1c2cccccc-2[nH]c1=O. The van der Waals surface area contributed by atoms with Crippen LogP contribution in [0.5, 0.6) is 0 Å². The largest absolute Gasteiger partial charge is 0.373 e. The van der Waals surface area contributed by atoms with Crippen LogP contribution in [0.15, 0.2) is 72.3 Å². The summed E-state index contributed by atoms with van der Waals surface area (Å²) in [6.45, 7) is 4.25. The van der Waals surface area contributed by atoms with Gasteiger partial charge in [0.25, 0.3) is 5.56 Å². The molecular weight excluding hydrogens is 326 g/mol. The van der Waals surface area contributed by atoms with Crippen LogP contribution < -0.4 is 10.9 Å². The Morgan fingerprint density at radius 2 is 1.81 bits per heavy atom. The van der Waals surface area contributed by atoms with Gasteiger partial charge in [0, 0.05) is 22.5 Å². The minimum atomic E-state index is -0.269. The summed E-state index contributed by atoms with van der Waals surface area (Å²) < 4.78 is 0. The van der Waals surface area contributed by atoms with Gasteiger partial charge in [0.15, 0.2) is 0 Å². The first-order valence-corrected chi connectivity index (χ1v) is 8.30. The van der Waals surface area contributed by atoms with Crippen molar-refractivity contribution in [2.75, 3.05) is 5.32 Å². The standard InChI is InChI=1S/C20H15N5O/c1-12-15-11-13(25-21-9-10-22-25)7-8-17(15)23-19(12)18-14-5-3-2-4-6-16(14)24-20(18)26/h2-11,19,23H,1H2,(H,24,26). The quantitative estimate of drug-likeness (QED) is 0.587. The Morgan fingerprint density at radius 1 is 1.00 bits per heavy atom. The smallest absolute Gasteiger partial charge is 0.254 e. The zero-order chi connectivity index (χ0) is 17.7. The Morgan fingerprint density at radius 3 is 2.65 bits per heavy atom. The molecule has 26 heavy (non-hydrogen) atoms. The predicted octanol–water partition coefficient (Wildman–Crippen LogP) is 3.24. The second kappa shape index (κ2) is 5.42. The second-order valence-electron chi connectivity index (χ2n) is 6.26. The van der Waals surface area contributed by atoms with Crippen molar-refractivity contribution in [3.63, 3.8) is 0 Å². The Balaban J connectivity index is 1.61. The van der Waals surface area contributed by atoms with E-state index in [2.05, 4.69) is 27.1 Å². The predicted molar refractivity (Wildman–Crippen MR) is 100 cm³/mol. The minimum Gasteiger partial charge on any atom is -0.373 e. The van der Waals surface area contributed by atoms with Crippen LogP contribution in [-0.2, 0) is 0 Å². The first kappa shape index (κ1) is 14.7. The van der Waals surface area contributed by atoms with Gasteiger partial charge in [-0.25, -0.2) is 0 Å². The molecule has 3 heterocycles. The molecule has 3 aliphatic rings. The van der Waals surface area contributed by atoms with E-state index in [-0.39, 0.29) is 11.6 Å². The highest BCUT2D eigenvalue weighted by molar-refractivity contribution is 5.89. The summed E-state index contributed by atoms with van der Waals surface area (Å²) in [5.74, 6) is 0. The van der Waals surface area contributed by atoms with E-state index in [9.17, 15) is 4.79 Å². The normalized spacial score (nSPS) is 15.8. The number of benzene rings is 1. The van der Waals surface area contributed by atoms with E-state index in [4.69, 9.17) is 0 Å². The molecule has 1 aliphatic carbocycles. The summed E-state index contributed by atoms with van der Waals surface area (Å²) in [5, 5.41) is 11.8. The van der Waals surface area contributed by atoms with Crippen LogP contribution in [-0.4, -0.2) is 20.0 Å². The molecule has 126 valence electrons. The number of nitrogens with one attached hydrogen (secondary N) is 2. The Labute approximate surface area is 149 Å². The molecule has 1 aromatic heterocycles. The molecule has 1 aromatic carbocycles. The molecule has 6 heteroatoms. The fourth-order valence-electron chi connectivity index (χ4n) is 3.53. The monoisotopic (exact) mass is 341 g/mol. The van der Waals surface area contributed by atoms with Gasteiger partial charge >= 0.3 is 0 Å². The first-order chi connectivity index (χ1) is 12.7. The zero-order valence-corrected chi connectivity index (χ0v) is 13.8. The van der Waals surface area contributed by atoms with E-state index >= 15 is 0 Å². The summed E-state index contributed by atoms with van der Waals surface area (Å²) in [6.07, 6.45) is 3.28. The lowest BCUT2D eigenvalue weighted by atomic mass is 9.96. The Kier molecular flexibility index (Phi) is 3.05. The molecule has 2 aromatic rings. The van der Waals surface area contributed by atoms with Crippen molar-refractivity contribution in [1.29, 1.82) is 0 Å². The molecule has 2 aliphatic heterocycles. The number of H-pyrrole nitrogens is 1. The lowest BCUT2D eigenvalue weighted by Crippen LogP contribution is -2.14. The first-order valence-electron chi connectivity index (χ1n) is 8.30. The number of aromatic nitrogens is 4. The third-order valence-electron chi connectivity index (χ3n) is 4.76. The van der Waals surface area contributed by atoms with Gasteiger partial charge in [-0.1, -0.05) is 30.8 Å². The molecule has 5 rings (SSSR count). The minimum absolute atomic E-state index is 0.0911. The summed E-state index contributed by atoms with van der Waals surface area (Å²) in [4.78, 5) is 17.1. The molecule has 6 nitrogen and oxygen atoms in total. The number of nitrogens with zero attached hydrogens (tertiary/aromatic N) is 3. The number of aromatic amines is 1. The summed E-state index contributed by atoms with van der Waals surface area (Å²) in [6, 6.07) is 15.3. The van der Waals surface area contributed by atoms with E-state index in [0.29, 0.717) is 5.56 Å². The lowest BCUT2D eigenvalue weighted by molar-refractivity contribution is 0.752. The van der Waals surface area contributed by atoms with Crippen LogP contribution in [0.2, 0.25) is 0 Å². The molecule has 0 fully saturated rings. The van der Waals surface area contributed by atoms with Crippen molar-refractivity contribution in [3.05, 3.63) is 89.0 Å². The third kappa shape index (κ3) is 2.09. The van der Waals surface area contributed by atoms with Crippen molar-refractivity contribution in [3.8, 4) is 16.9 Å². The zero-order valence-electron chi connectivity index (χ0n) is 13.8. The topological polar surface area (TPSA) is 75.6 Å². The molecule has 1 atom stereocenters. The van der Waals surface area contributed by atoms with Gasteiger partial charge in [-0.2, -0.15) is 15.0 Å². The highest BCUT2D eigenvalue weighted by Gasteiger charge is 2.31. The fraction of sp³-hybridized carbons (Fsp3) is 0.0500. The van der Waals surface area contributed by atoms with Gasteiger partial charge in [0.2, 0.25) is 0 Å². The van der Waals surface area contributed by atoms with Crippen molar-refractivity contribution >= 4 is 11.3 Å². The van der Waals surface area contributed by atoms with Crippen molar-refractivity contribution < 1.29 is 0 Å². The average molecular weight is 341 g/mol. The maximum absolute atomic E-state index is 12.6. The van der Waals surface area contributed by atoms with Gasteiger partial charge in [-0.15, -0.1) is 0 Å². The van der Waals surface area contributed by atoms with Crippen LogP contribution in [0.4, 0.5) is 5.69 Å². The van der Waals surface area contributed by atoms with Crippen LogP contribution in [0.1, 0.15) is 17.2 Å². The van der Waals surface area contributed by atoms with Gasteiger partial charge in [0.05, 0.1) is 29.7 Å². The van der Waals surface area contributed by atoms with E-state index in [1.807, 2.05) is 48.5 Å².